The van der Waals surface area contributed by atoms with E-state index in [1.54, 1.807) is 0 Å². The van der Waals surface area contributed by atoms with Crippen LogP contribution in [0.1, 0.15) is 22.7 Å². The molecule has 1 nitrogen and oxygen atoms in total. The van der Waals surface area contributed by atoms with Gasteiger partial charge in [-0.2, -0.15) is 0 Å². The van der Waals surface area contributed by atoms with E-state index in [0.717, 1.165) is 16.9 Å². The number of rotatable bonds is 6. The number of para-hydroxylation sites is 2. The molecule has 0 radical (unpaired) electrons. The minimum Gasteiger partial charge on any atom is -0.310 e. The van der Waals surface area contributed by atoms with E-state index >= 15 is 0 Å². The normalized spacial score (nSPS) is 13.7. The summed E-state index contributed by atoms with van der Waals surface area (Å²) in [4.78, 5) is 0.988. The lowest BCUT2D eigenvalue weighted by atomic mass is 9.86. The molecular formula is C48H35NS. The highest BCUT2D eigenvalue weighted by atomic mass is 32.1. The lowest BCUT2D eigenvalue weighted by Gasteiger charge is -2.20. The summed E-state index contributed by atoms with van der Waals surface area (Å²) in [6, 6.07) is 63.5. The highest BCUT2D eigenvalue weighted by Crippen LogP contribution is 2.39. The number of fused-ring (bicyclic) bond motifs is 3. The van der Waals surface area contributed by atoms with Crippen LogP contribution >= 0.6 is 12.6 Å². The molecule has 1 aliphatic rings. The smallest absolute Gasteiger partial charge is 0.0537 e. The number of thiol groups is 1. The average molecular weight is 658 g/mol. The quantitative estimate of drug-likeness (QED) is 0.170. The zero-order valence-electron chi connectivity index (χ0n) is 27.6. The highest BCUT2D eigenvalue weighted by Gasteiger charge is 2.23. The fraction of sp³-hybridized carbons (Fsp3) is 0.0417. The van der Waals surface area contributed by atoms with E-state index in [1.807, 2.05) is 12.1 Å². The van der Waals surface area contributed by atoms with Crippen molar-refractivity contribution in [3.63, 3.8) is 0 Å². The van der Waals surface area contributed by atoms with Gasteiger partial charge in [-0.1, -0.05) is 146 Å². The van der Waals surface area contributed by atoms with Gasteiger partial charge in [-0.15, -0.1) is 12.6 Å². The Morgan fingerprint density at radius 1 is 0.480 bits per heavy atom. The van der Waals surface area contributed by atoms with E-state index in [2.05, 4.69) is 193 Å². The van der Waals surface area contributed by atoms with E-state index in [-0.39, 0.29) is 0 Å². The number of hydrogen-bond donors (Lipinski definition) is 1. The number of allylic oxidation sites excluding steroid dienone is 1. The van der Waals surface area contributed by atoms with Crippen LogP contribution in [0.5, 0.6) is 0 Å². The van der Waals surface area contributed by atoms with Gasteiger partial charge in [0.1, 0.15) is 0 Å². The maximum atomic E-state index is 4.68. The van der Waals surface area contributed by atoms with Crippen molar-refractivity contribution in [3.8, 4) is 50.2 Å². The molecule has 1 unspecified atom stereocenters. The minimum absolute atomic E-state index is 0.338. The van der Waals surface area contributed by atoms with Crippen LogP contribution in [0.3, 0.4) is 0 Å². The van der Waals surface area contributed by atoms with Crippen LogP contribution in [0.2, 0.25) is 0 Å². The van der Waals surface area contributed by atoms with Crippen molar-refractivity contribution in [1.82, 2.24) is 4.57 Å². The molecule has 0 N–H and O–H groups in total. The lowest BCUT2D eigenvalue weighted by molar-refractivity contribution is 0.825. The number of nitrogens with zero attached hydrogens (tertiary/aromatic N) is 1. The third-order valence-electron chi connectivity index (χ3n) is 10.1. The molecule has 0 saturated carbocycles. The highest BCUT2D eigenvalue weighted by molar-refractivity contribution is 7.80. The number of benzene rings is 7. The Morgan fingerprint density at radius 2 is 1.04 bits per heavy atom. The van der Waals surface area contributed by atoms with Gasteiger partial charge in [-0.05, 0) is 105 Å². The topological polar surface area (TPSA) is 4.93 Å². The monoisotopic (exact) mass is 657 g/mol. The van der Waals surface area contributed by atoms with E-state index in [0.29, 0.717) is 5.92 Å². The van der Waals surface area contributed by atoms with Gasteiger partial charge < -0.3 is 4.57 Å². The Kier molecular flexibility index (Phi) is 7.80. The first-order chi connectivity index (χ1) is 24.7. The molecule has 0 fully saturated rings. The van der Waals surface area contributed by atoms with Crippen LogP contribution in [0, 0.1) is 0 Å². The molecule has 1 atom stereocenters. The molecule has 1 aromatic heterocycles. The van der Waals surface area contributed by atoms with Crippen molar-refractivity contribution in [2.24, 2.45) is 0 Å². The average Bonchev–Trinajstić information content (AvgIpc) is 3.52. The molecule has 0 spiro atoms. The second-order valence-electron chi connectivity index (χ2n) is 13.1. The van der Waals surface area contributed by atoms with E-state index in [4.69, 9.17) is 0 Å². The molecule has 2 heteroatoms. The van der Waals surface area contributed by atoms with Crippen molar-refractivity contribution in [2.75, 3.05) is 0 Å². The summed E-state index contributed by atoms with van der Waals surface area (Å²) in [6.45, 7) is 0. The Morgan fingerprint density at radius 3 is 1.72 bits per heavy atom. The van der Waals surface area contributed by atoms with Crippen LogP contribution in [-0.4, -0.2) is 4.57 Å². The van der Waals surface area contributed by atoms with Gasteiger partial charge in [-0.3, -0.25) is 0 Å². The molecule has 50 heavy (non-hydrogen) atoms. The summed E-state index contributed by atoms with van der Waals surface area (Å²) in [5.74, 6) is 0.338. The zero-order valence-corrected chi connectivity index (χ0v) is 28.5. The van der Waals surface area contributed by atoms with Crippen LogP contribution in [0.4, 0.5) is 0 Å². The third kappa shape index (κ3) is 5.58. The second-order valence-corrected chi connectivity index (χ2v) is 13.6. The van der Waals surface area contributed by atoms with E-state index in [9.17, 15) is 0 Å². The zero-order chi connectivity index (χ0) is 33.4. The molecule has 8 aromatic rings. The molecule has 0 aliphatic heterocycles. The predicted octanol–water partition coefficient (Wildman–Crippen LogP) is 12.9. The molecule has 0 amide bonds. The first kappa shape index (κ1) is 30.2. The summed E-state index contributed by atoms with van der Waals surface area (Å²) in [5, 5.41) is 1.34. The van der Waals surface area contributed by atoms with Gasteiger partial charge in [0.25, 0.3) is 0 Å². The predicted molar refractivity (Wildman–Crippen MR) is 214 cm³/mol. The molecule has 1 aliphatic carbocycles. The van der Waals surface area contributed by atoms with E-state index in [1.165, 1.54) is 72.4 Å². The Balaban J connectivity index is 0.951. The van der Waals surface area contributed by atoms with Gasteiger partial charge in [-0.25, -0.2) is 0 Å². The van der Waals surface area contributed by atoms with Crippen LogP contribution in [0.25, 0.3) is 67.2 Å². The molecule has 238 valence electrons. The minimum atomic E-state index is 0.338. The largest absolute Gasteiger partial charge is 0.310 e. The molecule has 0 bridgehead atoms. The molecule has 7 aromatic carbocycles. The van der Waals surface area contributed by atoms with Crippen molar-refractivity contribution >= 4 is 29.6 Å². The maximum absolute atomic E-state index is 4.68. The second kappa shape index (κ2) is 12.9. The Hall–Kier alpha value is -5.83. The SMILES string of the molecule is Sc1ccccc1-c1cccc(-c2ccc(-c3cccc(-c4ccc(C5C=Cc6c(c7ccccc7n6-c6ccccc6)C5)cc4)c3)cc2)c1. The number of hydrogen-bond acceptors (Lipinski definition) is 1. The first-order valence-electron chi connectivity index (χ1n) is 17.3. The lowest BCUT2D eigenvalue weighted by Crippen LogP contribution is -2.07. The van der Waals surface area contributed by atoms with Gasteiger partial charge in [0.2, 0.25) is 0 Å². The van der Waals surface area contributed by atoms with Crippen molar-refractivity contribution < 1.29 is 0 Å². The standard InChI is InChI=1S/C48H35NS/c50-48-19-7-5-16-43(48)41-13-9-12-39(31-41)35-22-20-33(21-23-35)37-10-8-11-38(30-37)34-24-26-36(27-25-34)40-28-29-47-45(32-40)44-17-4-6-18-46(44)49(47)42-14-2-1-3-15-42/h1-31,40,50H,32H2. The summed E-state index contributed by atoms with van der Waals surface area (Å²) >= 11 is 4.68. The molecule has 9 rings (SSSR count). The van der Waals surface area contributed by atoms with Crippen molar-refractivity contribution in [2.45, 2.75) is 17.2 Å². The van der Waals surface area contributed by atoms with Gasteiger partial charge in [0, 0.05) is 27.6 Å². The molecular weight excluding hydrogens is 623 g/mol. The maximum Gasteiger partial charge on any atom is 0.0537 e. The Labute approximate surface area is 299 Å². The van der Waals surface area contributed by atoms with Crippen LogP contribution in [0.15, 0.2) is 187 Å². The summed E-state index contributed by atoms with van der Waals surface area (Å²) in [6.07, 6.45) is 5.70. The van der Waals surface area contributed by atoms with Crippen LogP contribution < -0.4 is 0 Å². The third-order valence-corrected chi connectivity index (χ3v) is 10.5. The summed E-state index contributed by atoms with van der Waals surface area (Å²) < 4.78 is 2.41. The van der Waals surface area contributed by atoms with E-state index < -0.39 is 0 Å². The van der Waals surface area contributed by atoms with Gasteiger partial charge in [0.05, 0.1) is 5.52 Å². The summed E-state index contributed by atoms with van der Waals surface area (Å²) in [7, 11) is 0. The fourth-order valence-corrected chi connectivity index (χ4v) is 7.83. The van der Waals surface area contributed by atoms with Crippen LogP contribution in [-0.2, 0) is 6.42 Å². The molecule has 0 saturated heterocycles. The molecule has 1 heterocycles. The summed E-state index contributed by atoms with van der Waals surface area (Å²) in [5.41, 5.74) is 16.2. The Bertz CT molecular complexity index is 2500. The first-order valence-corrected chi connectivity index (χ1v) is 17.7. The van der Waals surface area contributed by atoms with Crippen molar-refractivity contribution in [1.29, 1.82) is 0 Å². The van der Waals surface area contributed by atoms with Gasteiger partial charge >= 0.3 is 0 Å². The van der Waals surface area contributed by atoms with Gasteiger partial charge in [0.15, 0.2) is 0 Å². The number of aromatic nitrogens is 1. The fourth-order valence-electron chi connectivity index (χ4n) is 7.54. The van der Waals surface area contributed by atoms with Crippen molar-refractivity contribution in [3.05, 3.63) is 199 Å².